The maximum atomic E-state index is 5.69. The highest BCUT2D eigenvalue weighted by Crippen LogP contribution is 2.38. The molecule has 100 valence electrons. The molecule has 0 fully saturated rings. The third kappa shape index (κ3) is 2.50. The molecule has 0 saturated carbocycles. The molecule has 1 aromatic carbocycles. The van der Waals surface area contributed by atoms with Crippen LogP contribution in [0.2, 0.25) is 0 Å². The fourth-order valence-electron chi connectivity index (χ4n) is 2.72. The summed E-state index contributed by atoms with van der Waals surface area (Å²) in [7, 11) is 0. The summed E-state index contributed by atoms with van der Waals surface area (Å²) in [4.78, 5) is 0. The summed E-state index contributed by atoms with van der Waals surface area (Å²) in [5.41, 5.74) is 5.25. The Morgan fingerprint density at radius 3 is 3.00 bits per heavy atom. The smallest absolute Gasteiger partial charge is 0.122 e. The van der Waals surface area contributed by atoms with Gasteiger partial charge in [-0.05, 0) is 36.5 Å². The highest BCUT2D eigenvalue weighted by molar-refractivity contribution is 5.38. The number of rotatable bonds is 4. The van der Waals surface area contributed by atoms with Gasteiger partial charge in [0.2, 0.25) is 0 Å². The molecule has 2 heterocycles. The standard InChI is InChI=1S/C15H18N2O2/c16-17-14(12-5-7-18-10-12)9-11-6-8-19-15-4-2-1-3-13(11)15/h1-5,7,10-11,14,17H,6,8-9,16H2. The zero-order chi connectivity index (χ0) is 13.1. The van der Waals surface area contributed by atoms with Crippen LogP contribution in [0.4, 0.5) is 0 Å². The topological polar surface area (TPSA) is 60.4 Å². The summed E-state index contributed by atoms with van der Waals surface area (Å²) in [5, 5.41) is 0. The first-order valence-corrected chi connectivity index (χ1v) is 6.58. The van der Waals surface area contributed by atoms with Crippen molar-refractivity contribution in [3.63, 3.8) is 0 Å². The predicted molar refractivity (Wildman–Crippen MR) is 72.7 cm³/mol. The van der Waals surface area contributed by atoms with Gasteiger partial charge in [-0.15, -0.1) is 0 Å². The Hall–Kier alpha value is -1.78. The van der Waals surface area contributed by atoms with E-state index < -0.39 is 0 Å². The van der Waals surface area contributed by atoms with Gasteiger partial charge < -0.3 is 9.15 Å². The van der Waals surface area contributed by atoms with E-state index in [1.807, 2.05) is 18.2 Å². The quantitative estimate of drug-likeness (QED) is 0.654. The maximum Gasteiger partial charge on any atom is 0.122 e. The minimum atomic E-state index is 0.106. The molecule has 3 rings (SSSR count). The second kappa shape index (κ2) is 5.47. The van der Waals surface area contributed by atoms with E-state index in [-0.39, 0.29) is 6.04 Å². The summed E-state index contributed by atoms with van der Waals surface area (Å²) >= 11 is 0. The van der Waals surface area contributed by atoms with Gasteiger partial charge in [0.15, 0.2) is 0 Å². The van der Waals surface area contributed by atoms with Gasteiger partial charge in [-0.3, -0.25) is 11.3 Å². The van der Waals surface area contributed by atoms with E-state index in [9.17, 15) is 0 Å². The number of benzene rings is 1. The molecule has 2 unspecified atom stereocenters. The average Bonchev–Trinajstić information content (AvgIpc) is 2.99. The summed E-state index contributed by atoms with van der Waals surface area (Å²) < 4.78 is 10.8. The van der Waals surface area contributed by atoms with Crippen LogP contribution in [0.5, 0.6) is 5.75 Å². The SMILES string of the molecule is NNC(CC1CCOc2ccccc21)c1ccoc1. The van der Waals surface area contributed by atoms with Crippen molar-refractivity contribution >= 4 is 0 Å². The Morgan fingerprint density at radius 2 is 2.21 bits per heavy atom. The molecule has 0 amide bonds. The summed E-state index contributed by atoms with van der Waals surface area (Å²) in [6, 6.07) is 10.3. The lowest BCUT2D eigenvalue weighted by molar-refractivity contribution is 0.255. The van der Waals surface area contributed by atoms with Crippen LogP contribution in [0.3, 0.4) is 0 Å². The Bertz CT molecular complexity index is 525. The maximum absolute atomic E-state index is 5.69. The van der Waals surface area contributed by atoms with Gasteiger partial charge in [0, 0.05) is 11.6 Å². The fraction of sp³-hybridized carbons (Fsp3) is 0.333. The average molecular weight is 258 g/mol. The third-order valence-electron chi connectivity index (χ3n) is 3.75. The summed E-state index contributed by atoms with van der Waals surface area (Å²) in [6.07, 6.45) is 5.39. The second-order valence-corrected chi connectivity index (χ2v) is 4.88. The molecule has 2 atom stereocenters. The lowest BCUT2D eigenvalue weighted by Gasteiger charge is -2.28. The van der Waals surface area contributed by atoms with Crippen LogP contribution in [-0.2, 0) is 0 Å². The lowest BCUT2D eigenvalue weighted by atomic mass is 9.86. The van der Waals surface area contributed by atoms with Gasteiger partial charge in [-0.2, -0.15) is 0 Å². The largest absolute Gasteiger partial charge is 0.493 e. The van der Waals surface area contributed by atoms with Crippen LogP contribution in [0.15, 0.2) is 47.3 Å². The fourth-order valence-corrected chi connectivity index (χ4v) is 2.72. The van der Waals surface area contributed by atoms with Crippen molar-refractivity contribution in [3.8, 4) is 5.75 Å². The van der Waals surface area contributed by atoms with E-state index in [1.54, 1.807) is 12.5 Å². The number of hydrogen-bond acceptors (Lipinski definition) is 4. The molecule has 0 radical (unpaired) electrons. The van der Waals surface area contributed by atoms with E-state index >= 15 is 0 Å². The van der Waals surface area contributed by atoms with Crippen LogP contribution in [0.1, 0.15) is 35.9 Å². The molecular weight excluding hydrogens is 240 g/mol. The first-order valence-electron chi connectivity index (χ1n) is 6.58. The molecule has 2 aromatic rings. The molecule has 4 nitrogen and oxygen atoms in total. The van der Waals surface area contributed by atoms with Crippen molar-refractivity contribution in [3.05, 3.63) is 54.0 Å². The number of hydrazine groups is 1. The van der Waals surface area contributed by atoms with Crippen molar-refractivity contribution in [2.24, 2.45) is 5.84 Å². The van der Waals surface area contributed by atoms with E-state index in [0.29, 0.717) is 5.92 Å². The van der Waals surface area contributed by atoms with Crippen molar-refractivity contribution in [2.75, 3.05) is 6.61 Å². The van der Waals surface area contributed by atoms with E-state index in [2.05, 4.69) is 17.6 Å². The summed E-state index contributed by atoms with van der Waals surface area (Å²) in [6.45, 7) is 0.768. The van der Waals surface area contributed by atoms with Crippen LogP contribution >= 0.6 is 0 Å². The van der Waals surface area contributed by atoms with Gasteiger partial charge in [0.05, 0.1) is 19.1 Å². The monoisotopic (exact) mass is 258 g/mol. The number of para-hydroxylation sites is 1. The minimum Gasteiger partial charge on any atom is -0.493 e. The van der Waals surface area contributed by atoms with Crippen LogP contribution in [0, 0.1) is 0 Å². The first-order chi connectivity index (χ1) is 9.38. The van der Waals surface area contributed by atoms with Gasteiger partial charge >= 0.3 is 0 Å². The Labute approximate surface area is 112 Å². The molecule has 0 aliphatic carbocycles. The molecule has 3 N–H and O–H groups in total. The predicted octanol–water partition coefficient (Wildman–Crippen LogP) is 2.74. The van der Waals surface area contributed by atoms with E-state index in [1.165, 1.54) is 5.56 Å². The highest BCUT2D eigenvalue weighted by Gasteiger charge is 2.25. The Balaban J connectivity index is 1.80. The van der Waals surface area contributed by atoms with Crippen molar-refractivity contribution < 1.29 is 9.15 Å². The highest BCUT2D eigenvalue weighted by atomic mass is 16.5. The number of hydrogen-bond donors (Lipinski definition) is 2. The van der Waals surface area contributed by atoms with E-state index in [4.69, 9.17) is 15.0 Å². The van der Waals surface area contributed by atoms with Crippen molar-refractivity contribution in [1.29, 1.82) is 0 Å². The van der Waals surface area contributed by atoms with E-state index in [0.717, 1.165) is 30.8 Å². The van der Waals surface area contributed by atoms with Crippen LogP contribution in [0.25, 0.3) is 0 Å². The molecule has 1 aliphatic heterocycles. The molecule has 0 bridgehead atoms. The molecule has 1 aliphatic rings. The third-order valence-corrected chi connectivity index (χ3v) is 3.75. The Kier molecular flexibility index (Phi) is 3.53. The zero-order valence-electron chi connectivity index (χ0n) is 10.7. The van der Waals surface area contributed by atoms with Gasteiger partial charge in [-0.1, -0.05) is 18.2 Å². The molecule has 19 heavy (non-hydrogen) atoms. The number of furan rings is 1. The number of fused-ring (bicyclic) bond motifs is 1. The van der Waals surface area contributed by atoms with Gasteiger partial charge in [0.25, 0.3) is 0 Å². The summed E-state index contributed by atoms with van der Waals surface area (Å²) in [5.74, 6) is 7.14. The van der Waals surface area contributed by atoms with Crippen molar-refractivity contribution in [1.82, 2.24) is 5.43 Å². The lowest BCUT2D eigenvalue weighted by Crippen LogP contribution is -2.30. The first kappa shape index (κ1) is 12.3. The minimum absolute atomic E-state index is 0.106. The molecular formula is C15H18N2O2. The normalized spacial score (nSPS) is 19.5. The van der Waals surface area contributed by atoms with Gasteiger partial charge in [-0.25, -0.2) is 0 Å². The zero-order valence-corrected chi connectivity index (χ0v) is 10.7. The number of nitrogens with one attached hydrogen (secondary N) is 1. The number of nitrogens with two attached hydrogens (primary N) is 1. The van der Waals surface area contributed by atoms with Crippen LogP contribution < -0.4 is 16.0 Å². The van der Waals surface area contributed by atoms with Gasteiger partial charge in [0.1, 0.15) is 5.75 Å². The molecule has 4 heteroatoms. The molecule has 0 saturated heterocycles. The van der Waals surface area contributed by atoms with Crippen molar-refractivity contribution in [2.45, 2.75) is 24.8 Å². The Morgan fingerprint density at radius 1 is 1.32 bits per heavy atom. The molecule has 0 spiro atoms. The second-order valence-electron chi connectivity index (χ2n) is 4.88. The number of ether oxygens (including phenoxy) is 1. The van der Waals surface area contributed by atoms with Crippen LogP contribution in [-0.4, -0.2) is 6.61 Å². The molecule has 1 aromatic heterocycles.